The van der Waals surface area contributed by atoms with Crippen molar-refractivity contribution in [1.29, 1.82) is 0 Å². The molecule has 1 aromatic rings. The van der Waals surface area contributed by atoms with Crippen LogP contribution in [-0.2, 0) is 12.0 Å². The Morgan fingerprint density at radius 2 is 2.29 bits per heavy atom. The molecule has 96 valence electrons. The summed E-state index contributed by atoms with van der Waals surface area (Å²) < 4.78 is 0. The van der Waals surface area contributed by atoms with E-state index in [4.69, 9.17) is 0 Å². The standard InChI is InChI=1S/C13H22N2OS/c1-13(2,3)12-14-7-11(17-12)8-15-6-4-5-10(15)9-16/h7,10,16H,4-6,8-9H2,1-3H3/t10-/m1/s1. The lowest BCUT2D eigenvalue weighted by Crippen LogP contribution is -2.31. The quantitative estimate of drug-likeness (QED) is 0.900. The molecule has 0 saturated carbocycles. The van der Waals surface area contributed by atoms with Gasteiger partial charge in [-0.15, -0.1) is 11.3 Å². The highest BCUT2D eigenvalue weighted by molar-refractivity contribution is 7.11. The van der Waals surface area contributed by atoms with E-state index in [1.807, 2.05) is 6.20 Å². The Labute approximate surface area is 107 Å². The Hall–Kier alpha value is -0.450. The zero-order chi connectivity index (χ0) is 12.5. The maximum absolute atomic E-state index is 9.30. The number of aliphatic hydroxyl groups is 1. The number of hydrogen-bond acceptors (Lipinski definition) is 4. The minimum Gasteiger partial charge on any atom is -0.395 e. The molecule has 1 saturated heterocycles. The first kappa shape index (κ1) is 13.0. The molecule has 2 heterocycles. The summed E-state index contributed by atoms with van der Waals surface area (Å²) in [6.45, 7) is 8.92. The topological polar surface area (TPSA) is 36.4 Å². The fraction of sp³-hybridized carbons (Fsp3) is 0.769. The molecule has 1 aromatic heterocycles. The van der Waals surface area contributed by atoms with Crippen LogP contribution in [0.5, 0.6) is 0 Å². The molecule has 3 nitrogen and oxygen atoms in total. The highest BCUT2D eigenvalue weighted by Crippen LogP contribution is 2.28. The number of nitrogens with zero attached hydrogens (tertiary/aromatic N) is 2. The van der Waals surface area contributed by atoms with Gasteiger partial charge in [0.2, 0.25) is 0 Å². The van der Waals surface area contributed by atoms with E-state index in [2.05, 4.69) is 30.7 Å². The first-order valence-electron chi connectivity index (χ1n) is 6.31. The van der Waals surface area contributed by atoms with Gasteiger partial charge in [-0.3, -0.25) is 4.90 Å². The zero-order valence-electron chi connectivity index (χ0n) is 10.9. The molecular formula is C13H22N2OS. The third kappa shape index (κ3) is 3.06. The third-order valence-corrected chi connectivity index (χ3v) is 4.67. The van der Waals surface area contributed by atoms with E-state index in [0.717, 1.165) is 19.5 Å². The van der Waals surface area contributed by atoms with Gasteiger partial charge in [-0.05, 0) is 19.4 Å². The molecule has 0 spiro atoms. The summed E-state index contributed by atoms with van der Waals surface area (Å²) in [7, 11) is 0. The maximum Gasteiger partial charge on any atom is 0.0981 e. The molecule has 1 aliphatic heterocycles. The summed E-state index contributed by atoms with van der Waals surface area (Å²) in [5.41, 5.74) is 0.143. The zero-order valence-corrected chi connectivity index (χ0v) is 11.8. The number of hydrogen-bond donors (Lipinski definition) is 1. The Balaban J connectivity index is 2.02. The minimum atomic E-state index is 0.143. The first-order valence-corrected chi connectivity index (χ1v) is 7.12. The summed E-state index contributed by atoms with van der Waals surface area (Å²) >= 11 is 1.80. The molecule has 1 atom stereocenters. The Morgan fingerprint density at radius 3 is 2.88 bits per heavy atom. The summed E-state index contributed by atoms with van der Waals surface area (Å²) in [4.78, 5) is 8.20. The lowest BCUT2D eigenvalue weighted by Gasteiger charge is -2.21. The summed E-state index contributed by atoms with van der Waals surface area (Å²) in [5.74, 6) is 0. The van der Waals surface area contributed by atoms with Crippen molar-refractivity contribution in [2.75, 3.05) is 13.2 Å². The first-order chi connectivity index (χ1) is 8.00. The van der Waals surface area contributed by atoms with Crippen LogP contribution in [0.4, 0.5) is 0 Å². The average molecular weight is 254 g/mol. The maximum atomic E-state index is 9.30. The number of aliphatic hydroxyl groups excluding tert-OH is 1. The van der Waals surface area contributed by atoms with Gasteiger partial charge in [0.1, 0.15) is 0 Å². The van der Waals surface area contributed by atoms with Crippen LogP contribution in [0.15, 0.2) is 6.20 Å². The van der Waals surface area contributed by atoms with Gasteiger partial charge in [-0.2, -0.15) is 0 Å². The SMILES string of the molecule is CC(C)(C)c1ncc(CN2CCC[C@@H]2CO)s1. The molecule has 0 unspecified atom stereocenters. The second kappa shape index (κ2) is 5.04. The van der Waals surface area contributed by atoms with Crippen LogP contribution in [0.25, 0.3) is 0 Å². The van der Waals surface area contributed by atoms with Gasteiger partial charge in [-0.25, -0.2) is 4.98 Å². The second-order valence-electron chi connectivity index (χ2n) is 5.83. The molecule has 17 heavy (non-hydrogen) atoms. The normalized spacial score (nSPS) is 22.2. The molecule has 4 heteroatoms. The van der Waals surface area contributed by atoms with E-state index in [1.54, 1.807) is 11.3 Å². The van der Waals surface area contributed by atoms with E-state index in [1.165, 1.54) is 16.3 Å². The van der Waals surface area contributed by atoms with Crippen molar-refractivity contribution in [3.8, 4) is 0 Å². The largest absolute Gasteiger partial charge is 0.395 e. The molecule has 0 aliphatic carbocycles. The Kier molecular flexibility index (Phi) is 3.85. The summed E-state index contributed by atoms with van der Waals surface area (Å²) in [6, 6.07) is 0.357. The van der Waals surface area contributed by atoms with Crippen molar-refractivity contribution in [3.63, 3.8) is 0 Å². The molecule has 2 rings (SSSR count). The van der Waals surface area contributed by atoms with Gasteiger partial charge < -0.3 is 5.11 Å². The predicted molar refractivity (Wildman–Crippen MR) is 71.3 cm³/mol. The summed E-state index contributed by atoms with van der Waals surface area (Å²) in [5, 5.41) is 10.5. The van der Waals surface area contributed by atoms with Gasteiger partial charge in [0, 0.05) is 29.1 Å². The number of rotatable bonds is 3. The third-order valence-electron chi connectivity index (χ3n) is 3.26. The molecule has 1 aliphatic rings. The Morgan fingerprint density at radius 1 is 1.53 bits per heavy atom. The van der Waals surface area contributed by atoms with Crippen LogP contribution in [0, 0.1) is 0 Å². The molecule has 1 N–H and O–H groups in total. The van der Waals surface area contributed by atoms with Crippen LogP contribution in [0.2, 0.25) is 0 Å². The van der Waals surface area contributed by atoms with E-state index in [0.29, 0.717) is 6.04 Å². The van der Waals surface area contributed by atoms with E-state index in [-0.39, 0.29) is 12.0 Å². The molecule has 0 aromatic carbocycles. The van der Waals surface area contributed by atoms with Crippen LogP contribution in [0.3, 0.4) is 0 Å². The monoisotopic (exact) mass is 254 g/mol. The lowest BCUT2D eigenvalue weighted by atomic mass is 9.98. The molecular weight excluding hydrogens is 232 g/mol. The van der Waals surface area contributed by atoms with Crippen LogP contribution < -0.4 is 0 Å². The van der Waals surface area contributed by atoms with Crippen molar-refractivity contribution in [1.82, 2.24) is 9.88 Å². The number of aromatic nitrogens is 1. The number of likely N-dealkylation sites (tertiary alicyclic amines) is 1. The highest BCUT2D eigenvalue weighted by Gasteiger charge is 2.25. The van der Waals surface area contributed by atoms with E-state index in [9.17, 15) is 5.11 Å². The highest BCUT2D eigenvalue weighted by atomic mass is 32.1. The molecule has 0 bridgehead atoms. The van der Waals surface area contributed by atoms with Crippen molar-refractivity contribution in [2.45, 2.75) is 51.6 Å². The van der Waals surface area contributed by atoms with Crippen molar-refractivity contribution >= 4 is 11.3 Å². The lowest BCUT2D eigenvalue weighted by molar-refractivity contribution is 0.154. The smallest absolute Gasteiger partial charge is 0.0981 e. The Bertz CT molecular complexity index is 370. The van der Waals surface area contributed by atoms with Gasteiger partial charge in [0.25, 0.3) is 0 Å². The van der Waals surface area contributed by atoms with Crippen LogP contribution in [-0.4, -0.2) is 34.2 Å². The molecule has 0 radical (unpaired) electrons. The van der Waals surface area contributed by atoms with Crippen LogP contribution in [0.1, 0.15) is 43.5 Å². The van der Waals surface area contributed by atoms with Gasteiger partial charge in [-0.1, -0.05) is 20.8 Å². The predicted octanol–water partition coefficient (Wildman–Crippen LogP) is 2.40. The van der Waals surface area contributed by atoms with Gasteiger partial charge >= 0.3 is 0 Å². The number of thiazole rings is 1. The fourth-order valence-corrected chi connectivity index (χ4v) is 3.23. The fourth-order valence-electron chi connectivity index (χ4n) is 2.24. The van der Waals surface area contributed by atoms with Crippen molar-refractivity contribution < 1.29 is 5.11 Å². The van der Waals surface area contributed by atoms with Crippen molar-refractivity contribution in [2.24, 2.45) is 0 Å². The van der Waals surface area contributed by atoms with E-state index >= 15 is 0 Å². The van der Waals surface area contributed by atoms with Gasteiger partial charge in [0.05, 0.1) is 11.6 Å². The average Bonchev–Trinajstić information content (AvgIpc) is 2.86. The van der Waals surface area contributed by atoms with Gasteiger partial charge in [0.15, 0.2) is 0 Å². The van der Waals surface area contributed by atoms with E-state index < -0.39 is 0 Å². The van der Waals surface area contributed by atoms with Crippen LogP contribution >= 0.6 is 11.3 Å². The van der Waals surface area contributed by atoms with Crippen molar-refractivity contribution in [3.05, 3.63) is 16.1 Å². The second-order valence-corrected chi connectivity index (χ2v) is 6.95. The molecule has 0 amide bonds. The minimum absolute atomic E-state index is 0.143. The summed E-state index contributed by atoms with van der Waals surface area (Å²) in [6.07, 6.45) is 4.33. The molecule has 1 fully saturated rings.